The quantitative estimate of drug-likeness (QED) is 0.905. The zero-order valence-corrected chi connectivity index (χ0v) is 12.4. The van der Waals surface area contributed by atoms with E-state index in [0.717, 1.165) is 16.8 Å². The van der Waals surface area contributed by atoms with Crippen LogP contribution in [0.3, 0.4) is 0 Å². The van der Waals surface area contributed by atoms with E-state index in [-0.39, 0.29) is 11.8 Å². The summed E-state index contributed by atoms with van der Waals surface area (Å²) < 4.78 is 0. The van der Waals surface area contributed by atoms with Gasteiger partial charge in [0.25, 0.3) is 5.91 Å². The Bertz CT molecular complexity index is 676. The summed E-state index contributed by atoms with van der Waals surface area (Å²) in [6.45, 7) is 5.42. The summed E-state index contributed by atoms with van der Waals surface area (Å²) in [5.74, 6) is -0.307. The first kappa shape index (κ1) is 14.8. The summed E-state index contributed by atoms with van der Waals surface area (Å²) in [5, 5.41) is 5.55. The van der Waals surface area contributed by atoms with Crippen molar-refractivity contribution in [2.45, 2.75) is 20.8 Å². The number of hydrogen-bond donors (Lipinski definition) is 2. The first-order valence-electron chi connectivity index (χ1n) is 6.72. The van der Waals surface area contributed by atoms with E-state index in [4.69, 9.17) is 0 Å². The predicted octanol–water partition coefficient (Wildman–Crippen LogP) is 3.51. The van der Waals surface area contributed by atoms with Gasteiger partial charge in [-0.25, -0.2) is 0 Å². The molecule has 0 aliphatic rings. The molecule has 108 valence electrons. The molecule has 4 nitrogen and oxygen atoms in total. The number of anilines is 2. The average Bonchev–Trinajstić information content (AvgIpc) is 2.42. The molecule has 2 aromatic carbocycles. The van der Waals surface area contributed by atoms with Crippen LogP contribution in [0.1, 0.15) is 28.4 Å². The van der Waals surface area contributed by atoms with Crippen LogP contribution in [0.15, 0.2) is 42.5 Å². The van der Waals surface area contributed by atoms with Gasteiger partial charge in [0.2, 0.25) is 5.91 Å². The van der Waals surface area contributed by atoms with Gasteiger partial charge in [-0.15, -0.1) is 0 Å². The molecule has 0 fully saturated rings. The van der Waals surface area contributed by atoms with E-state index in [2.05, 4.69) is 10.6 Å². The molecule has 0 aromatic heterocycles. The molecule has 0 aliphatic carbocycles. The molecule has 21 heavy (non-hydrogen) atoms. The summed E-state index contributed by atoms with van der Waals surface area (Å²) in [4.78, 5) is 23.1. The minimum Gasteiger partial charge on any atom is -0.326 e. The molecule has 0 aliphatic heterocycles. The summed E-state index contributed by atoms with van der Waals surface area (Å²) in [6.07, 6.45) is 0. The highest BCUT2D eigenvalue weighted by Crippen LogP contribution is 2.17. The summed E-state index contributed by atoms with van der Waals surface area (Å²) in [5.41, 5.74) is 4.20. The van der Waals surface area contributed by atoms with E-state index in [0.29, 0.717) is 11.3 Å². The van der Waals surface area contributed by atoms with Crippen molar-refractivity contribution in [3.05, 3.63) is 59.2 Å². The van der Waals surface area contributed by atoms with E-state index in [1.165, 1.54) is 6.92 Å². The number of carbonyl (C=O) groups excluding carboxylic acids is 2. The number of rotatable bonds is 3. The van der Waals surface area contributed by atoms with Crippen LogP contribution in [0.2, 0.25) is 0 Å². The van der Waals surface area contributed by atoms with E-state index >= 15 is 0 Å². The summed E-state index contributed by atoms with van der Waals surface area (Å²) in [6, 6.07) is 12.7. The van der Waals surface area contributed by atoms with Gasteiger partial charge in [-0.2, -0.15) is 0 Å². The van der Waals surface area contributed by atoms with Crippen molar-refractivity contribution in [2.24, 2.45) is 0 Å². The fourth-order valence-electron chi connectivity index (χ4n) is 2.06. The molecule has 2 N–H and O–H groups in total. The molecule has 0 radical (unpaired) electrons. The summed E-state index contributed by atoms with van der Waals surface area (Å²) in [7, 11) is 0. The van der Waals surface area contributed by atoms with Gasteiger partial charge in [0, 0.05) is 23.9 Å². The Morgan fingerprint density at radius 3 is 2.14 bits per heavy atom. The molecule has 2 rings (SSSR count). The van der Waals surface area contributed by atoms with Crippen LogP contribution in [0.5, 0.6) is 0 Å². The molecular weight excluding hydrogens is 264 g/mol. The third kappa shape index (κ3) is 3.92. The normalized spacial score (nSPS) is 10.0. The molecule has 4 heteroatoms. The molecule has 2 amide bonds. The van der Waals surface area contributed by atoms with Crippen LogP contribution < -0.4 is 10.6 Å². The highest BCUT2D eigenvalue weighted by molar-refractivity contribution is 6.05. The van der Waals surface area contributed by atoms with Crippen molar-refractivity contribution < 1.29 is 9.59 Å². The average molecular weight is 282 g/mol. The SMILES string of the molecule is CC(=O)Nc1ccc(C(=O)Nc2ccc(C)cc2C)cc1. The Morgan fingerprint density at radius 1 is 0.905 bits per heavy atom. The van der Waals surface area contributed by atoms with Gasteiger partial charge in [0.15, 0.2) is 0 Å². The zero-order chi connectivity index (χ0) is 15.4. The van der Waals surface area contributed by atoms with Crippen molar-refractivity contribution in [2.75, 3.05) is 10.6 Å². The number of nitrogens with one attached hydrogen (secondary N) is 2. The number of hydrogen-bond acceptors (Lipinski definition) is 2. The van der Waals surface area contributed by atoms with Crippen molar-refractivity contribution in [3.63, 3.8) is 0 Å². The fourth-order valence-corrected chi connectivity index (χ4v) is 2.06. The first-order valence-corrected chi connectivity index (χ1v) is 6.72. The zero-order valence-electron chi connectivity index (χ0n) is 12.4. The minimum absolute atomic E-state index is 0.137. The smallest absolute Gasteiger partial charge is 0.255 e. The molecule has 0 saturated carbocycles. The molecule has 0 unspecified atom stereocenters. The van der Waals surface area contributed by atoms with Gasteiger partial charge in [0.05, 0.1) is 0 Å². The van der Waals surface area contributed by atoms with E-state index in [1.807, 2.05) is 32.0 Å². The maximum Gasteiger partial charge on any atom is 0.255 e. The van der Waals surface area contributed by atoms with E-state index in [9.17, 15) is 9.59 Å². The van der Waals surface area contributed by atoms with E-state index < -0.39 is 0 Å². The molecule has 0 atom stereocenters. The Morgan fingerprint density at radius 2 is 1.57 bits per heavy atom. The second-order valence-corrected chi connectivity index (χ2v) is 5.03. The Balaban J connectivity index is 2.11. The van der Waals surface area contributed by atoms with Crippen LogP contribution in [0.25, 0.3) is 0 Å². The van der Waals surface area contributed by atoms with Gasteiger partial charge in [0.1, 0.15) is 0 Å². The topological polar surface area (TPSA) is 58.2 Å². The summed E-state index contributed by atoms with van der Waals surface area (Å²) >= 11 is 0. The van der Waals surface area contributed by atoms with Crippen LogP contribution in [-0.2, 0) is 4.79 Å². The molecular formula is C17H18N2O2. The van der Waals surface area contributed by atoms with Crippen LogP contribution in [0.4, 0.5) is 11.4 Å². The van der Waals surface area contributed by atoms with Crippen molar-refractivity contribution in [1.29, 1.82) is 0 Å². The fraction of sp³-hybridized carbons (Fsp3) is 0.176. The Hall–Kier alpha value is -2.62. The molecule has 0 bridgehead atoms. The van der Waals surface area contributed by atoms with Gasteiger partial charge in [-0.05, 0) is 49.7 Å². The third-order valence-corrected chi connectivity index (χ3v) is 3.10. The van der Waals surface area contributed by atoms with Crippen molar-refractivity contribution >= 4 is 23.2 Å². The highest BCUT2D eigenvalue weighted by atomic mass is 16.2. The van der Waals surface area contributed by atoms with Crippen molar-refractivity contribution in [3.8, 4) is 0 Å². The van der Waals surface area contributed by atoms with E-state index in [1.54, 1.807) is 24.3 Å². The van der Waals surface area contributed by atoms with Crippen LogP contribution in [0, 0.1) is 13.8 Å². The third-order valence-electron chi connectivity index (χ3n) is 3.10. The molecule has 2 aromatic rings. The first-order chi connectivity index (χ1) is 9.95. The highest BCUT2D eigenvalue weighted by Gasteiger charge is 2.08. The molecule has 0 saturated heterocycles. The number of benzene rings is 2. The van der Waals surface area contributed by atoms with Gasteiger partial charge in [-0.3, -0.25) is 9.59 Å². The predicted molar refractivity (Wildman–Crippen MR) is 84.6 cm³/mol. The standard InChI is InChI=1S/C17H18N2O2/c1-11-4-9-16(12(2)10-11)19-17(21)14-5-7-15(8-6-14)18-13(3)20/h4-10H,1-3H3,(H,18,20)(H,19,21). The van der Waals surface area contributed by atoms with Gasteiger partial charge in [-0.1, -0.05) is 17.7 Å². The molecule has 0 spiro atoms. The largest absolute Gasteiger partial charge is 0.326 e. The van der Waals surface area contributed by atoms with Gasteiger partial charge >= 0.3 is 0 Å². The second-order valence-electron chi connectivity index (χ2n) is 5.03. The second kappa shape index (κ2) is 6.22. The molecule has 0 heterocycles. The lowest BCUT2D eigenvalue weighted by molar-refractivity contribution is -0.114. The van der Waals surface area contributed by atoms with Gasteiger partial charge < -0.3 is 10.6 Å². The number of aryl methyl sites for hydroxylation is 2. The lowest BCUT2D eigenvalue weighted by Gasteiger charge is -2.09. The number of amides is 2. The lowest BCUT2D eigenvalue weighted by Crippen LogP contribution is -2.13. The lowest BCUT2D eigenvalue weighted by atomic mass is 10.1. The number of carbonyl (C=O) groups is 2. The van der Waals surface area contributed by atoms with Crippen LogP contribution in [-0.4, -0.2) is 11.8 Å². The van der Waals surface area contributed by atoms with Crippen LogP contribution >= 0.6 is 0 Å². The maximum absolute atomic E-state index is 12.2. The van der Waals surface area contributed by atoms with Crippen molar-refractivity contribution in [1.82, 2.24) is 0 Å². The Labute approximate surface area is 124 Å². The minimum atomic E-state index is -0.170. The Kier molecular flexibility index (Phi) is 4.38. The monoisotopic (exact) mass is 282 g/mol. The maximum atomic E-state index is 12.2.